The molecule has 4 heteroatoms. The Hall–Kier alpha value is -1.52. The van der Waals surface area contributed by atoms with Gasteiger partial charge in [-0.3, -0.25) is 4.98 Å². The number of fused-ring (bicyclic) bond motifs is 3. The summed E-state index contributed by atoms with van der Waals surface area (Å²) >= 11 is 1.64. The zero-order valence-electron chi connectivity index (χ0n) is 8.55. The summed E-state index contributed by atoms with van der Waals surface area (Å²) in [6, 6.07) is 8.05. The summed E-state index contributed by atoms with van der Waals surface area (Å²) in [5.74, 6) is 0. The van der Waals surface area contributed by atoms with Gasteiger partial charge in [-0.25, -0.2) is 4.98 Å². The van der Waals surface area contributed by atoms with E-state index in [1.165, 1.54) is 0 Å². The van der Waals surface area contributed by atoms with Crippen molar-refractivity contribution in [1.82, 2.24) is 9.97 Å². The molecule has 0 amide bonds. The number of para-hydroxylation sites is 1. The molecule has 0 saturated heterocycles. The fourth-order valence-electron chi connectivity index (χ4n) is 1.77. The van der Waals surface area contributed by atoms with Gasteiger partial charge in [-0.1, -0.05) is 18.2 Å². The molecule has 1 N–H and O–H groups in total. The summed E-state index contributed by atoms with van der Waals surface area (Å²) in [5.41, 5.74) is 1.92. The van der Waals surface area contributed by atoms with Crippen molar-refractivity contribution < 1.29 is 5.11 Å². The predicted octanol–water partition coefficient (Wildman–Crippen LogP) is 2.38. The lowest BCUT2D eigenvalue weighted by Crippen LogP contribution is -1.87. The fraction of sp³-hybridized carbons (Fsp3) is 0.167. The van der Waals surface area contributed by atoms with E-state index >= 15 is 0 Å². The number of rotatable bonds is 2. The smallest absolute Gasteiger partial charge is 0.100 e. The Bertz CT molecular complexity index is 648. The van der Waals surface area contributed by atoms with Crippen LogP contribution in [0.15, 0.2) is 30.5 Å². The van der Waals surface area contributed by atoms with E-state index in [1.807, 2.05) is 18.2 Å². The van der Waals surface area contributed by atoms with E-state index in [1.54, 1.807) is 17.5 Å². The third-order valence-corrected chi connectivity index (χ3v) is 3.66. The van der Waals surface area contributed by atoms with Crippen LogP contribution in [0.2, 0.25) is 0 Å². The first-order chi connectivity index (χ1) is 7.88. The summed E-state index contributed by atoms with van der Waals surface area (Å²) in [7, 11) is 0. The highest BCUT2D eigenvalue weighted by molar-refractivity contribution is 7.19. The van der Waals surface area contributed by atoms with Crippen molar-refractivity contribution in [2.75, 3.05) is 6.61 Å². The molecule has 0 atom stereocenters. The van der Waals surface area contributed by atoms with Gasteiger partial charge in [0.25, 0.3) is 0 Å². The molecule has 0 spiro atoms. The van der Waals surface area contributed by atoms with Crippen molar-refractivity contribution in [2.24, 2.45) is 0 Å². The standard InChI is InChI=1S/C12H10N2OS/c15-6-5-11-14-10-7-13-9-4-2-1-3-8(9)12(10)16-11/h1-4,7,15H,5-6H2. The number of thiazole rings is 1. The van der Waals surface area contributed by atoms with Crippen molar-refractivity contribution >= 4 is 32.5 Å². The van der Waals surface area contributed by atoms with Crippen molar-refractivity contribution in [3.8, 4) is 0 Å². The highest BCUT2D eigenvalue weighted by Gasteiger charge is 2.07. The van der Waals surface area contributed by atoms with Gasteiger partial charge >= 0.3 is 0 Å². The second-order valence-electron chi connectivity index (χ2n) is 3.57. The molecule has 0 aliphatic rings. The summed E-state index contributed by atoms with van der Waals surface area (Å²) < 4.78 is 1.16. The monoisotopic (exact) mass is 230 g/mol. The van der Waals surface area contributed by atoms with Gasteiger partial charge in [-0.2, -0.15) is 0 Å². The number of pyridine rings is 1. The third-order valence-electron chi connectivity index (χ3n) is 2.50. The Morgan fingerprint density at radius 3 is 2.94 bits per heavy atom. The Kier molecular flexibility index (Phi) is 2.31. The lowest BCUT2D eigenvalue weighted by atomic mass is 10.2. The van der Waals surface area contributed by atoms with E-state index in [0.29, 0.717) is 6.42 Å². The largest absolute Gasteiger partial charge is 0.396 e. The minimum atomic E-state index is 0.144. The lowest BCUT2D eigenvalue weighted by molar-refractivity contribution is 0.299. The Balaban J connectivity index is 2.32. The molecule has 2 heterocycles. The van der Waals surface area contributed by atoms with E-state index in [-0.39, 0.29) is 6.61 Å². The molecule has 0 unspecified atom stereocenters. The van der Waals surface area contributed by atoms with Crippen molar-refractivity contribution in [3.63, 3.8) is 0 Å². The molecule has 0 radical (unpaired) electrons. The van der Waals surface area contributed by atoms with Crippen LogP contribution in [-0.4, -0.2) is 21.7 Å². The molecular formula is C12H10N2OS. The van der Waals surface area contributed by atoms with Crippen LogP contribution in [-0.2, 0) is 6.42 Å². The number of hydrogen-bond acceptors (Lipinski definition) is 4. The summed E-state index contributed by atoms with van der Waals surface area (Å²) in [5, 5.41) is 11.0. The maximum Gasteiger partial charge on any atom is 0.100 e. The SMILES string of the molecule is OCCc1nc2cnc3ccccc3c2s1. The first-order valence-corrected chi connectivity index (χ1v) is 5.94. The lowest BCUT2D eigenvalue weighted by Gasteiger charge is -1.95. The molecule has 0 aliphatic heterocycles. The number of aromatic nitrogens is 2. The van der Waals surface area contributed by atoms with Gasteiger partial charge in [0.15, 0.2) is 0 Å². The van der Waals surface area contributed by atoms with E-state index in [2.05, 4.69) is 16.0 Å². The molecule has 0 saturated carbocycles. The molecule has 3 aromatic rings. The summed E-state index contributed by atoms with van der Waals surface area (Å²) in [6.45, 7) is 0.144. The molecule has 16 heavy (non-hydrogen) atoms. The molecule has 0 bridgehead atoms. The van der Waals surface area contributed by atoms with E-state index in [9.17, 15) is 0 Å². The number of hydrogen-bond donors (Lipinski definition) is 1. The maximum absolute atomic E-state index is 8.91. The first-order valence-electron chi connectivity index (χ1n) is 5.12. The van der Waals surface area contributed by atoms with Crippen LogP contribution in [0.4, 0.5) is 0 Å². The molecule has 2 aromatic heterocycles. The van der Waals surface area contributed by atoms with Crippen LogP contribution >= 0.6 is 11.3 Å². The van der Waals surface area contributed by atoms with Crippen molar-refractivity contribution in [3.05, 3.63) is 35.5 Å². The van der Waals surface area contributed by atoms with Crippen LogP contribution in [0.3, 0.4) is 0 Å². The van der Waals surface area contributed by atoms with Gasteiger partial charge in [0.1, 0.15) is 5.52 Å². The number of aliphatic hydroxyl groups excluding tert-OH is 1. The van der Waals surface area contributed by atoms with Gasteiger partial charge in [0, 0.05) is 18.4 Å². The Labute approximate surface area is 96.4 Å². The second kappa shape index (κ2) is 3.81. The molecule has 0 fully saturated rings. The fourth-order valence-corrected chi connectivity index (χ4v) is 2.83. The molecule has 0 aliphatic carbocycles. The third kappa shape index (κ3) is 1.47. The quantitative estimate of drug-likeness (QED) is 0.735. The average Bonchev–Trinajstić information content (AvgIpc) is 2.72. The predicted molar refractivity (Wildman–Crippen MR) is 65.7 cm³/mol. The van der Waals surface area contributed by atoms with Crippen molar-refractivity contribution in [1.29, 1.82) is 0 Å². The number of aliphatic hydroxyl groups is 1. The van der Waals surface area contributed by atoms with Gasteiger partial charge in [-0.05, 0) is 6.07 Å². The van der Waals surface area contributed by atoms with Crippen LogP contribution in [0.25, 0.3) is 21.1 Å². The zero-order chi connectivity index (χ0) is 11.0. The minimum absolute atomic E-state index is 0.144. The highest BCUT2D eigenvalue weighted by atomic mass is 32.1. The van der Waals surface area contributed by atoms with E-state index in [4.69, 9.17) is 5.11 Å². The highest BCUT2D eigenvalue weighted by Crippen LogP contribution is 2.28. The van der Waals surface area contributed by atoms with Crippen LogP contribution in [0, 0.1) is 0 Å². The Morgan fingerprint density at radius 1 is 1.19 bits per heavy atom. The average molecular weight is 230 g/mol. The number of benzene rings is 1. The van der Waals surface area contributed by atoms with Gasteiger partial charge < -0.3 is 5.11 Å². The molecular weight excluding hydrogens is 220 g/mol. The van der Waals surface area contributed by atoms with Crippen LogP contribution in [0.5, 0.6) is 0 Å². The molecule has 3 rings (SSSR count). The molecule has 3 nitrogen and oxygen atoms in total. The van der Waals surface area contributed by atoms with Gasteiger partial charge in [0.2, 0.25) is 0 Å². The minimum Gasteiger partial charge on any atom is -0.396 e. The van der Waals surface area contributed by atoms with E-state index in [0.717, 1.165) is 26.1 Å². The molecule has 1 aromatic carbocycles. The van der Waals surface area contributed by atoms with Gasteiger partial charge in [-0.15, -0.1) is 11.3 Å². The topological polar surface area (TPSA) is 46.0 Å². The molecule has 80 valence electrons. The second-order valence-corrected chi connectivity index (χ2v) is 4.65. The maximum atomic E-state index is 8.91. The zero-order valence-corrected chi connectivity index (χ0v) is 9.37. The first kappa shape index (κ1) is 9.69. The summed E-state index contributed by atoms with van der Waals surface area (Å²) in [4.78, 5) is 8.81. The van der Waals surface area contributed by atoms with E-state index < -0.39 is 0 Å². The van der Waals surface area contributed by atoms with Gasteiger partial charge in [0.05, 0.1) is 21.4 Å². The van der Waals surface area contributed by atoms with Crippen LogP contribution in [0.1, 0.15) is 5.01 Å². The number of nitrogens with zero attached hydrogens (tertiary/aromatic N) is 2. The normalized spacial score (nSPS) is 11.3. The summed E-state index contributed by atoms with van der Waals surface area (Å²) in [6.07, 6.45) is 2.42. The Morgan fingerprint density at radius 2 is 2.06 bits per heavy atom. The van der Waals surface area contributed by atoms with Crippen molar-refractivity contribution in [2.45, 2.75) is 6.42 Å². The van der Waals surface area contributed by atoms with Crippen LogP contribution < -0.4 is 0 Å².